The molecule has 2 amide bonds. The Morgan fingerprint density at radius 2 is 1.72 bits per heavy atom. The number of carbonyl (C=O) groups excluding carboxylic acids is 2. The van der Waals surface area contributed by atoms with Crippen LogP contribution in [0.4, 0.5) is 8.78 Å². The first-order valence-electron chi connectivity index (χ1n) is 8.73. The van der Waals surface area contributed by atoms with Gasteiger partial charge in [0.25, 0.3) is 5.91 Å². The van der Waals surface area contributed by atoms with Gasteiger partial charge in [-0.05, 0) is 69.9 Å². The number of hydrogen-bond acceptors (Lipinski definition) is 3. The van der Waals surface area contributed by atoms with Crippen molar-refractivity contribution in [1.82, 2.24) is 10.6 Å². The Hall–Kier alpha value is -3.00. The number of hydrogen-bond donors (Lipinski definition) is 2. The molecular weight excluding hydrogens is 446 g/mol. The molecule has 29 heavy (non-hydrogen) atoms. The van der Waals surface area contributed by atoms with E-state index in [1.165, 1.54) is 36.4 Å². The van der Waals surface area contributed by atoms with Gasteiger partial charge in [-0.1, -0.05) is 24.3 Å². The Bertz CT molecular complexity index is 1020. The third-order valence-electron chi connectivity index (χ3n) is 4.12. The van der Waals surface area contributed by atoms with Crippen LogP contribution in [-0.4, -0.2) is 18.4 Å². The summed E-state index contributed by atoms with van der Waals surface area (Å²) in [5, 5.41) is 5.21. The van der Waals surface area contributed by atoms with Gasteiger partial charge in [0.2, 0.25) is 5.91 Å². The molecule has 0 bridgehead atoms. The standard InChI is InChI=1S/C21H17BrF2N2O3/c22-19-8-7-18(29-19)21(28)25-12-20(27)26-17(14-4-2-6-16(24)11-14)10-13-3-1-5-15(23)9-13/h1-9,11,17H,10,12H2,(H,25,28)(H,26,27)/t17-/m0/s1. The van der Waals surface area contributed by atoms with Crippen molar-refractivity contribution in [2.75, 3.05) is 6.54 Å². The van der Waals surface area contributed by atoms with E-state index in [4.69, 9.17) is 4.42 Å². The van der Waals surface area contributed by atoms with Crippen molar-refractivity contribution in [2.24, 2.45) is 0 Å². The Kier molecular flexibility index (Phi) is 6.77. The maximum Gasteiger partial charge on any atom is 0.287 e. The highest BCUT2D eigenvalue weighted by Crippen LogP contribution is 2.20. The number of halogens is 3. The van der Waals surface area contributed by atoms with Crippen LogP contribution in [0.3, 0.4) is 0 Å². The second-order valence-electron chi connectivity index (χ2n) is 6.30. The second kappa shape index (κ2) is 9.47. The summed E-state index contributed by atoms with van der Waals surface area (Å²) in [6.07, 6.45) is 0.256. The summed E-state index contributed by atoms with van der Waals surface area (Å²) in [5.74, 6) is -1.81. The van der Waals surface area contributed by atoms with Gasteiger partial charge in [0.05, 0.1) is 12.6 Å². The highest BCUT2D eigenvalue weighted by molar-refractivity contribution is 9.10. The van der Waals surface area contributed by atoms with Crippen LogP contribution in [0.15, 0.2) is 69.8 Å². The molecule has 2 aromatic carbocycles. The lowest BCUT2D eigenvalue weighted by molar-refractivity contribution is -0.120. The van der Waals surface area contributed by atoms with Crippen molar-refractivity contribution in [1.29, 1.82) is 0 Å². The monoisotopic (exact) mass is 462 g/mol. The van der Waals surface area contributed by atoms with Crippen LogP contribution in [0.5, 0.6) is 0 Å². The van der Waals surface area contributed by atoms with Crippen molar-refractivity contribution < 1.29 is 22.8 Å². The molecule has 1 atom stereocenters. The number of rotatable bonds is 7. The molecular formula is C21H17BrF2N2O3. The predicted octanol–water partition coefficient (Wildman–Crippen LogP) is 4.15. The fraction of sp³-hybridized carbons (Fsp3) is 0.143. The van der Waals surface area contributed by atoms with Crippen molar-refractivity contribution in [2.45, 2.75) is 12.5 Å². The summed E-state index contributed by atoms with van der Waals surface area (Å²) in [4.78, 5) is 24.4. The van der Waals surface area contributed by atoms with Crippen molar-refractivity contribution in [3.63, 3.8) is 0 Å². The fourth-order valence-electron chi connectivity index (χ4n) is 2.80. The topological polar surface area (TPSA) is 71.3 Å². The van der Waals surface area contributed by atoms with Crippen LogP contribution >= 0.6 is 15.9 Å². The van der Waals surface area contributed by atoms with Gasteiger partial charge in [-0.15, -0.1) is 0 Å². The minimum atomic E-state index is -0.602. The molecule has 0 spiro atoms. The van der Waals surface area contributed by atoms with Gasteiger partial charge in [-0.3, -0.25) is 9.59 Å². The SMILES string of the molecule is O=C(CNC(=O)c1ccc(Br)o1)N[C@@H](Cc1cccc(F)c1)c1cccc(F)c1. The van der Waals surface area contributed by atoms with Crippen molar-refractivity contribution >= 4 is 27.7 Å². The third kappa shape index (κ3) is 5.99. The van der Waals surface area contributed by atoms with Crippen LogP contribution in [0, 0.1) is 11.6 Å². The quantitative estimate of drug-likeness (QED) is 0.553. The zero-order valence-electron chi connectivity index (χ0n) is 15.1. The van der Waals surface area contributed by atoms with E-state index in [0.29, 0.717) is 15.8 Å². The molecule has 3 aromatic rings. The molecule has 150 valence electrons. The molecule has 0 fully saturated rings. The van der Waals surface area contributed by atoms with E-state index in [2.05, 4.69) is 26.6 Å². The van der Waals surface area contributed by atoms with Crippen LogP contribution in [-0.2, 0) is 11.2 Å². The molecule has 0 saturated heterocycles. The Morgan fingerprint density at radius 3 is 2.38 bits per heavy atom. The van der Waals surface area contributed by atoms with E-state index in [1.807, 2.05) is 0 Å². The van der Waals surface area contributed by atoms with Gasteiger partial charge in [0.15, 0.2) is 10.4 Å². The molecule has 0 saturated carbocycles. The summed E-state index contributed by atoms with van der Waals surface area (Å²) in [5.41, 5.74) is 1.17. The molecule has 8 heteroatoms. The molecule has 0 aliphatic rings. The lowest BCUT2D eigenvalue weighted by atomic mass is 9.98. The van der Waals surface area contributed by atoms with Crippen LogP contribution in [0.2, 0.25) is 0 Å². The van der Waals surface area contributed by atoms with Gasteiger partial charge in [-0.25, -0.2) is 8.78 Å². The molecule has 0 radical (unpaired) electrons. The third-order valence-corrected chi connectivity index (χ3v) is 4.55. The summed E-state index contributed by atoms with van der Waals surface area (Å²) in [7, 11) is 0. The number of nitrogens with one attached hydrogen (secondary N) is 2. The molecule has 2 N–H and O–H groups in total. The van der Waals surface area contributed by atoms with E-state index >= 15 is 0 Å². The summed E-state index contributed by atoms with van der Waals surface area (Å²) >= 11 is 3.10. The van der Waals surface area contributed by atoms with E-state index < -0.39 is 29.5 Å². The minimum absolute atomic E-state index is 0.0612. The minimum Gasteiger partial charge on any atom is -0.444 e. The zero-order valence-corrected chi connectivity index (χ0v) is 16.7. The first-order valence-corrected chi connectivity index (χ1v) is 9.53. The van der Waals surface area contributed by atoms with Gasteiger partial charge >= 0.3 is 0 Å². The van der Waals surface area contributed by atoms with Gasteiger partial charge < -0.3 is 15.1 Å². The fourth-order valence-corrected chi connectivity index (χ4v) is 3.11. The second-order valence-corrected chi connectivity index (χ2v) is 7.08. The maximum absolute atomic E-state index is 13.7. The van der Waals surface area contributed by atoms with Crippen LogP contribution in [0.1, 0.15) is 27.7 Å². The number of amides is 2. The van der Waals surface area contributed by atoms with E-state index in [-0.39, 0.29) is 18.7 Å². The number of furan rings is 1. The van der Waals surface area contributed by atoms with Crippen LogP contribution in [0.25, 0.3) is 0 Å². The lowest BCUT2D eigenvalue weighted by Crippen LogP contribution is -2.39. The first kappa shape index (κ1) is 20.7. The number of carbonyl (C=O) groups is 2. The molecule has 5 nitrogen and oxygen atoms in total. The largest absolute Gasteiger partial charge is 0.444 e. The molecule has 0 aliphatic heterocycles. The normalized spacial score (nSPS) is 11.7. The Morgan fingerprint density at radius 1 is 1.00 bits per heavy atom. The maximum atomic E-state index is 13.7. The summed E-state index contributed by atoms with van der Waals surface area (Å²) in [6, 6.07) is 14.2. The van der Waals surface area contributed by atoms with Crippen molar-refractivity contribution in [3.8, 4) is 0 Å². The van der Waals surface area contributed by atoms with E-state index in [9.17, 15) is 18.4 Å². The first-order chi connectivity index (χ1) is 13.9. The molecule has 0 aliphatic carbocycles. The summed E-state index contributed by atoms with van der Waals surface area (Å²) in [6.45, 7) is -0.299. The Balaban J connectivity index is 1.68. The van der Waals surface area contributed by atoms with Gasteiger partial charge in [0, 0.05) is 0 Å². The van der Waals surface area contributed by atoms with E-state index in [1.54, 1.807) is 24.3 Å². The average Bonchev–Trinajstić information content (AvgIpc) is 3.12. The predicted molar refractivity (Wildman–Crippen MR) is 106 cm³/mol. The zero-order chi connectivity index (χ0) is 20.8. The molecule has 1 aromatic heterocycles. The highest BCUT2D eigenvalue weighted by Gasteiger charge is 2.18. The molecule has 1 heterocycles. The molecule has 0 unspecified atom stereocenters. The average molecular weight is 463 g/mol. The summed E-state index contributed by atoms with van der Waals surface area (Å²) < 4.78 is 32.7. The van der Waals surface area contributed by atoms with Gasteiger partial charge in [0.1, 0.15) is 11.6 Å². The Labute approximate surface area is 174 Å². The molecule has 3 rings (SSSR count). The smallest absolute Gasteiger partial charge is 0.287 e. The number of benzene rings is 2. The van der Waals surface area contributed by atoms with Crippen LogP contribution < -0.4 is 10.6 Å². The van der Waals surface area contributed by atoms with E-state index in [0.717, 1.165) is 0 Å². The van der Waals surface area contributed by atoms with Crippen molar-refractivity contribution in [3.05, 3.63) is 93.9 Å². The lowest BCUT2D eigenvalue weighted by Gasteiger charge is -2.20. The highest BCUT2D eigenvalue weighted by atomic mass is 79.9. The van der Waals surface area contributed by atoms with Gasteiger partial charge in [-0.2, -0.15) is 0 Å².